The lowest BCUT2D eigenvalue weighted by atomic mass is 10.0. The Bertz CT molecular complexity index is 1510. The maximum Gasteiger partial charge on any atom is 0.255 e. The van der Waals surface area contributed by atoms with Crippen molar-refractivity contribution in [3.8, 4) is 34.1 Å². The van der Waals surface area contributed by atoms with Crippen molar-refractivity contribution < 1.29 is 14.6 Å². The van der Waals surface area contributed by atoms with Crippen LogP contribution in [0.1, 0.15) is 10.4 Å². The Kier molecular flexibility index (Phi) is 5.31. The zero-order valence-electron chi connectivity index (χ0n) is 18.2. The van der Waals surface area contributed by atoms with E-state index in [9.17, 15) is 9.90 Å². The van der Waals surface area contributed by atoms with Crippen molar-refractivity contribution >= 4 is 28.3 Å². The molecule has 2 aromatic heterocycles. The summed E-state index contributed by atoms with van der Waals surface area (Å²) < 4.78 is 5.37. The van der Waals surface area contributed by atoms with Crippen molar-refractivity contribution in [2.24, 2.45) is 0 Å². The van der Waals surface area contributed by atoms with E-state index in [4.69, 9.17) is 10.5 Å². The first kappa shape index (κ1) is 21.0. The highest BCUT2D eigenvalue weighted by Gasteiger charge is 2.15. The van der Waals surface area contributed by atoms with Crippen molar-refractivity contribution in [1.29, 1.82) is 0 Å². The molecule has 2 heterocycles. The van der Waals surface area contributed by atoms with Crippen LogP contribution in [0, 0.1) is 0 Å². The van der Waals surface area contributed by atoms with E-state index in [2.05, 4.69) is 20.3 Å². The number of phenolic OH excluding ortho intramolecular Hbond substituents is 1. The molecule has 8 nitrogen and oxygen atoms in total. The summed E-state index contributed by atoms with van der Waals surface area (Å²) in [5.41, 5.74) is 10.9. The smallest absolute Gasteiger partial charge is 0.255 e. The number of aromatic amines is 1. The second-order valence-corrected chi connectivity index (χ2v) is 7.69. The van der Waals surface area contributed by atoms with Gasteiger partial charge in [-0.05, 0) is 72.3 Å². The number of nitrogens with one attached hydrogen (secondary N) is 2. The molecule has 0 saturated carbocycles. The minimum Gasteiger partial charge on any atom is -0.507 e. The number of imidazole rings is 1. The van der Waals surface area contributed by atoms with Crippen molar-refractivity contribution in [2.75, 3.05) is 18.2 Å². The highest BCUT2D eigenvalue weighted by molar-refractivity contribution is 6.06. The third-order valence-electron chi connectivity index (χ3n) is 5.44. The molecule has 168 valence electrons. The molecule has 1 amide bonds. The molecule has 0 spiro atoms. The molecule has 5 aromatic rings. The van der Waals surface area contributed by atoms with Gasteiger partial charge in [0.15, 0.2) is 0 Å². The van der Waals surface area contributed by atoms with Crippen molar-refractivity contribution in [3.63, 3.8) is 0 Å². The van der Waals surface area contributed by atoms with Crippen molar-refractivity contribution in [2.45, 2.75) is 0 Å². The number of nitrogens with two attached hydrogens (primary N) is 1. The second kappa shape index (κ2) is 8.59. The SMILES string of the molecule is COc1ncccc1-c1ccc(O)c(-c2nc3cc(C(=O)Nc4ccc(N)cc4)ccc3[nH]2)c1. The first-order valence-corrected chi connectivity index (χ1v) is 10.5. The fourth-order valence-electron chi connectivity index (χ4n) is 3.71. The number of amides is 1. The number of fused-ring (bicyclic) bond motifs is 1. The number of carbonyl (C=O) groups is 1. The van der Waals surface area contributed by atoms with Gasteiger partial charge < -0.3 is 25.9 Å². The van der Waals surface area contributed by atoms with E-state index in [1.165, 1.54) is 0 Å². The van der Waals surface area contributed by atoms with Crippen molar-refractivity contribution in [1.82, 2.24) is 15.0 Å². The third-order valence-corrected chi connectivity index (χ3v) is 5.44. The van der Waals surface area contributed by atoms with Crippen LogP contribution < -0.4 is 15.8 Å². The standard InChI is InChI=1S/C26H21N5O3/c1-34-26-19(3-2-12-28-26)15-5-11-23(32)20(13-15)24-30-21-10-4-16(14-22(21)31-24)25(33)29-18-8-6-17(27)7-9-18/h2-14,32H,27H2,1H3,(H,29,33)(H,30,31). The Balaban J connectivity index is 1.48. The maximum atomic E-state index is 12.7. The number of rotatable bonds is 5. The topological polar surface area (TPSA) is 126 Å². The molecule has 0 radical (unpaired) electrons. The van der Waals surface area contributed by atoms with Crippen LogP contribution in [-0.2, 0) is 0 Å². The zero-order valence-corrected chi connectivity index (χ0v) is 18.2. The first-order chi connectivity index (χ1) is 16.5. The molecule has 0 aliphatic rings. The van der Waals surface area contributed by atoms with Gasteiger partial charge in [0.25, 0.3) is 5.91 Å². The fourth-order valence-corrected chi connectivity index (χ4v) is 3.71. The summed E-state index contributed by atoms with van der Waals surface area (Å²) in [7, 11) is 1.56. The molecule has 0 unspecified atom stereocenters. The lowest BCUT2D eigenvalue weighted by Crippen LogP contribution is -2.11. The average molecular weight is 451 g/mol. The monoisotopic (exact) mass is 451 g/mol. The third kappa shape index (κ3) is 4.00. The summed E-state index contributed by atoms with van der Waals surface area (Å²) in [5.74, 6) is 0.783. The molecule has 34 heavy (non-hydrogen) atoms. The van der Waals surface area contributed by atoms with Crippen LogP contribution in [0.15, 0.2) is 79.0 Å². The number of aromatic hydroxyl groups is 1. The molecule has 5 rings (SSSR count). The molecular weight excluding hydrogens is 430 g/mol. The highest BCUT2D eigenvalue weighted by Crippen LogP contribution is 2.35. The zero-order chi connectivity index (χ0) is 23.7. The number of hydrogen-bond acceptors (Lipinski definition) is 6. The first-order valence-electron chi connectivity index (χ1n) is 10.5. The van der Waals surface area contributed by atoms with Crippen LogP contribution in [0.2, 0.25) is 0 Å². The Morgan fingerprint density at radius 3 is 2.65 bits per heavy atom. The van der Waals surface area contributed by atoms with Gasteiger partial charge in [0.05, 0.1) is 23.7 Å². The Hall–Kier alpha value is -4.85. The minimum absolute atomic E-state index is 0.0759. The summed E-state index contributed by atoms with van der Waals surface area (Å²) in [6.07, 6.45) is 1.66. The molecule has 3 aromatic carbocycles. The van der Waals surface area contributed by atoms with Gasteiger partial charge in [0.1, 0.15) is 11.6 Å². The summed E-state index contributed by atoms with van der Waals surface area (Å²) >= 11 is 0. The summed E-state index contributed by atoms with van der Waals surface area (Å²) in [4.78, 5) is 24.8. The van der Waals surface area contributed by atoms with E-state index in [1.54, 1.807) is 67.9 Å². The van der Waals surface area contributed by atoms with Crippen LogP contribution in [0.5, 0.6) is 11.6 Å². The van der Waals surface area contributed by atoms with Gasteiger partial charge in [-0.25, -0.2) is 9.97 Å². The molecule has 0 fully saturated rings. The van der Waals surface area contributed by atoms with Gasteiger partial charge in [-0.1, -0.05) is 6.07 Å². The number of pyridine rings is 1. The number of aromatic nitrogens is 3. The molecular formula is C26H21N5O3. The lowest BCUT2D eigenvalue weighted by Gasteiger charge is -2.09. The van der Waals surface area contributed by atoms with E-state index >= 15 is 0 Å². The Labute approximate surface area is 195 Å². The predicted octanol–water partition coefficient (Wildman–Crippen LogP) is 4.84. The molecule has 8 heteroatoms. The van der Waals surface area contributed by atoms with E-state index < -0.39 is 0 Å². The van der Waals surface area contributed by atoms with Gasteiger partial charge in [-0.2, -0.15) is 0 Å². The lowest BCUT2D eigenvalue weighted by molar-refractivity contribution is 0.102. The number of anilines is 2. The fraction of sp³-hybridized carbons (Fsp3) is 0.0385. The number of nitrogens with zero attached hydrogens (tertiary/aromatic N) is 2. The highest BCUT2D eigenvalue weighted by atomic mass is 16.5. The number of hydrogen-bond donors (Lipinski definition) is 4. The van der Waals surface area contributed by atoms with Crippen LogP contribution in [0.4, 0.5) is 11.4 Å². The van der Waals surface area contributed by atoms with Gasteiger partial charge in [0, 0.05) is 28.7 Å². The number of phenols is 1. The van der Waals surface area contributed by atoms with E-state index in [0.29, 0.717) is 39.7 Å². The quantitative estimate of drug-likeness (QED) is 0.283. The largest absolute Gasteiger partial charge is 0.507 e. The predicted molar refractivity (Wildman–Crippen MR) is 132 cm³/mol. The van der Waals surface area contributed by atoms with E-state index in [1.807, 2.05) is 18.2 Å². The molecule has 5 N–H and O–H groups in total. The van der Waals surface area contributed by atoms with Gasteiger partial charge in [0.2, 0.25) is 5.88 Å². The van der Waals surface area contributed by atoms with Gasteiger partial charge in [-0.3, -0.25) is 4.79 Å². The number of nitrogen functional groups attached to an aromatic ring is 1. The van der Waals surface area contributed by atoms with E-state index in [0.717, 1.165) is 16.6 Å². The molecule has 0 atom stereocenters. The maximum absolute atomic E-state index is 12.7. The molecule has 0 aliphatic carbocycles. The van der Waals surface area contributed by atoms with E-state index in [-0.39, 0.29) is 11.7 Å². The molecule has 0 bridgehead atoms. The minimum atomic E-state index is -0.260. The van der Waals surface area contributed by atoms with Gasteiger partial charge >= 0.3 is 0 Å². The van der Waals surface area contributed by atoms with Gasteiger partial charge in [-0.15, -0.1) is 0 Å². The molecule has 0 aliphatic heterocycles. The summed E-state index contributed by atoms with van der Waals surface area (Å²) in [6.45, 7) is 0. The summed E-state index contributed by atoms with van der Waals surface area (Å²) in [6, 6.07) is 21.1. The number of ether oxygens (including phenoxy) is 1. The van der Waals surface area contributed by atoms with Crippen LogP contribution in [0.25, 0.3) is 33.5 Å². The van der Waals surface area contributed by atoms with Crippen LogP contribution in [-0.4, -0.2) is 33.1 Å². The number of H-pyrrole nitrogens is 1. The van der Waals surface area contributed by atoms with Crippen LogP contribution in [0.3, 0.4) is 0 Å². The number of carbonyl (C=O) groups excluding carboxylic acids is 1. The Morgan fingerprint density at radius 2 is 1.85 bits per heavy atom. The average Bonchev–Trinajstić information content (AvgIpc) is 3.29. The van der Waals surface area contributed by atoms with Crippen molar-refractivity contribution in [3.05, 3.63) is 84.6 Å². The number of methoxy groups -OCH3 is 1. The normalized spacial score (nSPS) is 10.9. The summed E-state index contributed by atoms with van der Waals surface area (Å²) in [5, 5.41) is 13.4. The number of benzene rings is 3. The second-order valence-electron chi connectivity index (χ2n) is 7.69. The van der Waals surface area contributed by atoms with Crippen LogP contribution >= 0.6 is 0 Å². The Morgan fingerprint density at radius 1 is 1.03 bits per heavy atom. The molecule has 0 saturated heterocycles.